The maximum atomic E-state index is 17.1. The highest BCUT2D eigenvalue weighted by molar-refractivity contribution is 7.45. The van der Waals surface area contributed by atoms with Crippen LogP contribution < -0.4 is 20.5 Å². The van der Waals surface area contributed by atoms with E-state index in [1.807, 2.05) is 78.9 Å². The number of amides is 1. The molecule has 6 atom stereocenters. The van der Waals surface area contributed by atoms with Crippen molar-refractivity contribution in [3.8, 4) is 11.5 Å². The molecule has 4 aromatic rings. The molecule has 1 aromatic heterocycles. The quantitative estimate of drug-likeness (QED) is 0.121. The second kappa shape index (κ2) is 15.7. The molecule has 3 aliphatic heterocycles. The van der Waals surface area contributed by atoms with E-state index in [0.717, 1.165) is 66.3 Å². The van der Waals surface area contributed by atoms with Gasteiger partial charge in [-0.05, 0) is 72.7 Å². The summed E-state index contributed by atoms with van der Waals surface area (Å²) in [5.74, 6) is 1.04. The maximum Gasteiger partial charge on any atom is 0.351 e. The number of aromatic nitrogens is 2. The van der Waals surface area contributed by atoms with Crippen LogP contribution in [0.4, 0.5) is 10.2 Å². The Hall–Kier alpha value is -4.23. The number of hydrogen-bond donors (Lipinski definition) is 1. The summed E-state index contributed by atoms with van der Waals surface area (Å²) < 4.78 is 58.8. The first kappa shape index (κ1) is 37.7. The molecular weight excluding hydrogens is 726 g/mol. The number of methoxy groups -OCH3 is 2. The van der Waals surface area contributed by atoms with Crippen LogP contribution >= 0.6 is 8.53 Å². The van der Waals surface area contributed by atoms with Gasteiger partial charge in [-0.1, -0.05) is 67.4 Å². The first-order valence-electron chi connectivity index (χ1n) is 18.8. The molecule has 4 fully saturated rings. The van der Waals surface area contributed by atoms with Crippen molar-refractivity contribution in [2.24, 2.45) is 0 Å². The van der Waals surface area contributed by atoms with E-state index in [4.69, 9.17) is 28.0 Å². The van der Waals surface area contributed by atoms with E-state index in [1.165, 1.54) is 19.2 Å². The maximum absolute atomic E-state index is 17.1. The van der Waals surface area contributed by atoms with Crippen LogP contribution in [0.1, 0.15) is 68.4 Å². The van der Waals surface area contributed by atoms with Crippen molar-refractivity contribution in [1.29, 1.82) is 0 Å². The lowest BCUT2D eigenvalue weighted by Crippen LogP contribution is -2.40. The highest BCUT2D eigenvalue weighted by Gasteiger charge is 2.60. The Morgan fingerprint density at radius 1 is 0.945 bits per heavy atom. The van der Waals surface area contributed by atoms with Crippen molar-refractivity contribution in [3.63, 3.8) is 0 Å². The van der Waals surface area contributed by atoms with Crippen molar-refractivity contribution in [2.75, 3.05) is 32.7 Å². The number of fused-ring (bicyclic) bond motifs is 2. The second-order valence-electron chi connectivity index (χ2n) is 14.5. The molecule has 1 spiro atoms. The molecule has 4 aliphatic rings. The van der Waals surface area contributed by atoms with Crippen molar-refractivity contribution in [3.05, 3.63) is 118 Å². The van der Waals surface area contributed by atoms with Gasteiger partial charge in [0.05, 0.1) is 26.4 Å². The molecule has 8 rings (SSSR count). The van der Waals surface area contributed by atoms with Gasteiger partial charge in [0.15, 0.2) is 12.4 Å². The van der Waals surface area contributed by atoms with Crippen LogP contribution in [0, 0.1) is 0 Å². The van der Waals surface area contributed by atoms with E-state index >= 15 is 4.39 Å². The van der Waals surface area contributed by atoms with Crippen LogP contribution in [0.5, 0.6) is 11.5 Å². The number of nitrogens with zero attached hydrogens (tertiary/aromatic N) is 3. The number of hydrogen-bond acceptors (Lipinski definition) is 10. The van der Waals surface area contributed by atoms with Gasteiger partial charge >= 0.3 is 5.69 Å². The first-order valence-corrected chi connectivity index (χ1v) is 20.0. The minimum Gasteiger partial charge on any atom is -0.497 e. The summed E-state index contributed by atoms with van der Waals surface area (Å²) in [6, 6.07) is 26.8. The summed E-state index contributed by atoms with van der Waals surface area (Å²) in [6.45, 7) is 2.00. The zero-order valence-corrected chi connectivity index (χ0v) is 32.0. The Labute approximate surface area is 320 Å². The summed E-state index contributed by atoms with van der Waals surface area (Å²) in [5.41, 5.74) is 0.156. The molecular formula is C41H46FN4O8P. The summed E-state index contributed by atoms with van der Waals surface area (Å²) in [5, 5.41) is 2.51. The van der Waals surface area contributed by atoms with Gasteiger partial charge < -0.3 is 33.3 Å². The molecule has 1 aliphatic carbocycles. The SMILES string of the molecule is COc1ccc(C(OC[C@H]2O[C@@H](n3ccc(NC(C)=O)nc3=O)[C@H](F)[C@@H]2O[P@@]2OC3(CCCC3)[C@H]3CCCN32)(c2ccccc2)c2ccc(OC)cc2)cc1. The van der Waals surface area contributed by atoms with Crippen molar-refractivity contribution in [2.45, 2.75) is 87.3 Å². The average Bonchev–Trinajstić information content (AvgIpc) is 4.00. The molecule has 3 saturated heterocycles. The number of nitrogens with one attached hydrogen (secondary N) is 1. The van der Waals surface area contributed by atoms with E-state index in [9.17, 15) is 9.59 Å². The van der Waals surface area contributed by atoms with Gasteiger partial charge in [0.1, 0.15) is 35.1 Å². The molecule has 0 unspecified atom stereocenters. The minimum atomic E-state index is -1.79. The van der Waals surface area contributed by atoms with Gasteiger partial charge in [0.25, 0.3) is 8.53 Å². The van der Waals surface area contributed by atoms with Gasteiger partial charge in [-0.15, -0.1) is 0 Å². The fourth-order valence-corrected chi connectivity index (χ4v) is 10.9. The Morgan fingerprint density at radius 2 is 1.58 bits per heavy atom. The predicted octanol–water partition coefficient (Wildman–Crippen LogP) is 6.88. The number of benzene rings is 3. The Kier molecular flexibility index (Phi) is 10.8. The van der Waals surface area contributed by atoms with Gasteiger partial charge in [-0.25, -0.2) is 13.9 Å². The monoisotopic (exact) mass is 772 g/mol. The molecule has 290 valence electrons. The molecule has 12 nitrogen and oxygen atoms in total. The number of carbonyl (C=O) groups is 1. The molecule has 3 aromatic carbocycles. The summed E-state index contributed by atoms with van der Waals surface area (Å²) in [6.07, 6.45) is 2.20. The summed E-state index contributed by atoms with van der Waals surface area (Å²) in [4.78, 5) is 29.0. The standard InChI is InChI=1S/C41H46FN4O8P/c1-27(47)43-35-21-25-45(39(48)44-35)38-36(42)37(53-55-46-24-9-12-34(46)40(54-55)22-7-8-23-40)33(52-38)26-51-41(28-10-5-4-6-11-28,29-13-17-31(49-2)18-14-29)30-15-19-32(50-3)20-16-30/h4-6,10-11,13-21,25,33-34,36-38H,7-9,12,22-24,26H2,1-3H3,(H,43,44,47,48)/t33-,34-,36-,37-,38-,55+/m1/s1. The number of rotatable bonds is 12. The normalized spacial score (nSPS) is 26.0. The smallest absolute Gasteiger partial charge is 0.351 e. The molecule has 1 N–H and O–H groups in total. The summed E-state index contributed by atoms with van der Waals surface area (Å²) in [7, 11) is 1.61. The lowest BCUT2D eigenvalue weighted by atomic mass is 9.80. The van der Waals surface area contributed by atoms with Crippen molar-refractivity contribution >= 4 is 20.3 Å². The first-order chi connectivity index (χ1) is 26.7. The molecule has 14 heteroatoms. The number of ether oxygens (including phenoxy) is 4. The van der Waals surface area contributed by atoms with E-state index in [2.05, 4.69) is 15.0 Å². The molecule has 1 saturated carbocycles. The molecule has 0 bridgehead atoms. The molecule has 0 radical (unpaired) electrons. The fraction of sp³-hybridized carbons (Fsp3) is 0.439. The molecule has 55 heavy (non-hydrogen) atoms. The third-order valence-corrected chi connectivity index (χ3v) is 13.1. The topological polar surface area (TPSA) is 123 Å². The zero-order valence-electron chi connectivity index (χ0n) is 31.1. The van der Waals surface area contributed by atoms with Gasteiger partial charge in [0, 0.05) is 25.7 Å². The predicted molar refractivity (Wildman–Crippen MR) is 204 cm³/mol. The van der Waals surface area contributed by atoms with E-state index in [0.29, 0.717) is 11.5 Å². The van der Waals surface area contributed by atoms with Crippen LogP contribution in [0.3, 0.4) is 0 Å². The number of halogens is 1. The number of anilines is 1. The van der Waals surface area contributed by atoms with Gasteiger partial charge in [-0.3, -0.25) is 9.36 Å². The van der Waals surface area contributed by atoms with E-state index in [-0.39, 0.29) is 30.0 Å². The van der Waals surface area contributed by atoms with Gasteiger partial charge in [0.2, 0.25) is 5.91 Å². The van der Waals surface area contributed by atoms with Crippen molar-refractivity contribution in [1.82, 2.24) is 14.2 Å². The Morgan fingerprint density at radius 3 is 2.18 bits per heavy atom. The van der Waals surface area contributed by atoms with Crippen LogP contribution in [-0.4, -0.2) is 77.5 Å². The minimum absolute atomic E-state index is 0.0613. The number of alkyl halides is 1. The lowest BCUT2D eigenvalue weighted by Gasteiger charge is -2.37. The molecule has 1 amide bonds. The number of carbonyl (C=O) groups excluding carboxylic acids is 1. The zero-order chi connectivity index (χ0) is 38.2. The van der Waals surface area contributed by atoms with E-state index < -0.39 is 44.4 Å². The van der Waals surface area contributed by atoms with E-state index in [1.54, 1.807) is 14.2 Å². The molecule has 4 heterocycles. The summed E-state index contributed by atoms with van der Waals surface area (Å²) >= 11 is 0. The third-order valence-electron chi connectivity index (χ3n) is 11.3. The third kappa shape index (κ3) is 7.07. The largest absolute Gasteiger partial charge is 0.497 e. The van der Waals surface area contributed by atoms with Crippen LogP contribution in [0.15, 0.2) is 95.9 Å². The van der Waals surface area contributed by atoms with Crippen LogP contribution in [0.25, 0.3) is 0 Å². The average molecular weight is 773 g/mol. The van der Waals surface area contributed by atoms with Gasteiger partial charge in [-0.2, -0.15) is 4.98 Å². The lowest BCUT2D eigenvalue weighted by molar-refractivity contribution is -0.114. The van der Waals surface area contributed by atoms with Crippen molar-refractivity contribution < 1.29 is 37.2 Å². The second-order valence-corrected chi connectivity index (χ2v) is 15.9. The Bertz CT molecular complexity index is 1970. The van der Waals surface area contributed by atoms with Crippen LogP contribution in [0.2, 0.25) is 0 Å². The highest BCUT2D eigenvalue weighted by Crippen LogP contribution is 2.65. The fourth-order valence-electron chi connectivity index (χ4n) is 8.65. The highest BCUT2D eigenvalue weighted by atomic mass is 31.2. The Balaban J connectivity index is 1.18. The van der Waals surface area contributed by atoms with Crippen LogP contribution in [-0.2, 0) is 28.9 Å².